The molecule has 1 atom stereocenters. The second-order valence-corrected chi connectivity index (χ2v) is 4.42. The molecule has 0 aromatic heterocycles. The smallest absolute Gasteiger partial charge is 0.377 e. The number of rotatable bonds is 4. The molecule has 2 aromatic rings. The first-order chi connectivity index (χ1) is 9.50. The molecule has 1 unspecified atom stereocenters. The van der Waals surface area contributed by atoms with Crippen LogP contribution in [0.15, 0.2) is 54.6 Å². The van der Waals surface area contributed by atoms with Crippen molar-refractivity contribution in [3.63, 3.8) is 0 Å². The van der Waals surface area contributed by atoms with E-state index in [4.69, 9.17) is 5.73 Å². The minimum absolute atomic E-state index is 0.205. The summed E-state index contributed by atoms with van der Waals surface area (Å²) in [7, 11) is 0. The predicted octanol–water partition coefficient (Wildman–Crippen LogP) is 3.82. The highest BCUT2D eigenvalue weighted by atomic mass is 19.4. The number of anilines is 1. The molecule has 0 aliphatic carbocycles. The molecule has 3 N–H and O–H groups in total. The first-order valence-corrected chi connectivity index (χ1v) is 6.19. The van der Waals surface area contributed by atoms with Crippen molar-refractivity contribution >= 4 is 5.69 Å². The van der Waals surface area contributed by atoms with Crippen molar-refractivity contribution < 1.29 is 13.2 Å². The number of hydrogen-bond acceptors (Lipinski definition) is 2. The lowest BCUT2D eigenvalue weighted by Gasteiger charge is -2.19. The Morgan fingerprint density at radius 2 is 1.70 bits per heavy atom. The van der Waals surface area contributed by atoms with Gasteiger partial charge in [0.15, 0.2) is 0 Å². The molecule has 0 radical (unpaired) electrons. The topological polar surface area (TPSA) is 38.0 Å². The number of nitrogens with two attached hydrogens (primary N) is 1. The zero-order valence-electron chi connectivity index (χ0n) is 10.7. The summed E-state index contributed by atoms with van der Waals surface area (Å²) >= 11 is 0. The number of alkyl halides is 3. The van der Waals surface area contributed by atoms with Gasteiger partial charge in [-0.15, -0.1) is 0 Å². The SMILES string of the molecule is NCC(Nc1ccccc1)c1cccc(C(F)(F)F)c1. The van der Waals surface area contributed by atoms with Gasteiger partial charge in [0.05, 0.1) is 11.6 Å². The van der Waals surface area contributed by atoms with Gasteiger partial charge in [0.25, 0.3) is 0 Å². The molecule has 0 amide bonds. The fraction of sp³-hybridized carbons (Fsp3) is 0.200. The van der Waals surface area contributed by atoms with Gasteiger partial charge in [-0.2, -0.15) is 13.2 Å². The van der Waals surface area contributed by atoms with Crippen molar-refractivity contribution in [1.82, 2.24) is 0 Å². The maximum atomic E-state index is 12.7. The molecular formula is C15H15F3N2. The van der Waals surface area contributed by atoms with E-state index < -0.39 is 11.7 Å². The molecule has 0 spiro atoms. The van der Waals surface area contributed by atoms with Gasteiger partial charge in [0.1, 0.15) is 0 Å². The zero-order chi connectivity index (χ0) is 14.6. The van der Waals surface area contributed by atoms with E-state index in [1.807, 2.05) is 30.3 Å². The Hall–Kier alpha value is -2.01. The van der Waals surface area contributed by atoms with Crippen molar-refractivity contribution in [3.8, 4) is 0 Å². The van der Waals surface area contributed by atoms with E-state index >= 15 is 0 Å². The van der Waals surface area contributed by atoms with Gasteiger partial charge in [-0.05, 0) is 29.8 Å². The van der Waals surface area contributed by atoms with Crippen molar-refractivity contribution in [2.24, 2.45) is 5.73 Å². The van der Waals surface area contributed by atoms with Crippen LogP contribution in [0.1, 0.15) is 17.2 Å². The van der Waals surface area contributed by atoms with Crippen molar-refractivity contribution in [2.75, 3.05) is 11.9 Å². The van der Waals surface area contributed by atoms with Crippen LogP contribution in [0, 0.1) is 0 Å². The van der Waals surface area contributed by atoms with Crippen LogP contribution in [0.5, 0.6) is 0 Å². The summed E-state index contributed by atoms with van der Waals surface area (Å²) in [5.41, 5.74) is 6.34. The second-order valence-electron chi connectivity index (χ2n) is 4.42. The van der Waals surface area contributed by atoms with Gasteiger partial charge in [0, 0.05) is 12.2 Å². The Labute approximate surface area is 115 Å². The largest absolute Gasteiger partial charge is 0.416 e. The van der Waals surface area contributed by atoms with Crippen LogP contribution < -0.4 is 11.1 Å². The van der Waals surface area contributed by atoms with Crippen LogP contribution in [-0.2, 0) is 6.18 Å². The average Bonchev–Trinajstić information content (AvgIpc) is 2.45. The lowest BCUT2D eigenvalue weighted by atomic mass is 10.0. The van der Waals surface area contributed by atoms with Crippen LogP contribution >= 0.6 is 0 Å². The van der Waals surface area contributed by atoms with E-state index in [9.17, 15) is 13.2 Å². The van der Waals surface area contributed by atoms with Crippen LogP contribution in [0.2, 0.25) is 0 Å². The number of para-hydroxylation sites is 1. The molecule has 0 saturated carbocycles. The van der Waals surface area contributed by atoms with Crippen molar-refractivity contribution in [3.05, 3.63) is 65.7 Å². The Morgan fingerprint density at radius 1 is 1.00 bits per heavy atom. The maximum absolute atomic E-state index is 12.7. The number of hydrogen-bond donors (Lipinski definition) is 2. The van der Waals surface area contributed by atoms with Crippen molar-refractivity contribution in [2.45, 2.75) is 12.2 Å². The molecule has 0 fully saturated rings. The summed E-state index contributed by atoms with van der Waals surface area (Å²) in [5.74, 6) is 0. The summed E-state index contributed by atoms with van der Waals surface area (Å²) in [4.78, 5) is 0. The van der Waals surface area contributed by atoms with E-state index in [2.05, 4.69) is 5.32 Å². The third-order valence-electron chi connectivity index (χ3n) is 2.97. The highest BCUT2D eigenvalue weighted by Crippen LogP contribution is 2.31. The first-order valence-electron chi connectivity index (χ1n) is 6.19. The number of halogens is 3. The van der Waals surface area contributed by atoms with Gasteiger partial charge in [-0.1, -0.05) is 30.3 Å². The quantitative estimate of drug-likeness (QED) is 0.893. The lowest BCUT2D eigenvalue weighted by molar-refractivity contribution is -0.137. The maximum Gasteiger partial charge on any atom is 0.416 e. The molecule has 0 bridgehead atoms. The van der Waals surface area contributed by atoms with E-state index in [1.165, 1.54) is 6.07 Å². The molecule has 2 nitrogen and oxygen atoms in total. The molecule has 2 aromatic carbocycles. The van der Waals surface area contributed by atoms with E-state index in [-0.39, 0.29) is 12.6 Å². The molecular weight excluding hydrogens is 265 g/mol. The minimum atomic E-state index is -4.35. The summed E-state index contributed by atoms with van der Waals surface area (Å²) in [6.07, 6.45) is -4.35. The first kappa shape index (κ1) is 14.4. The molecule has 0 aliphatic rings. The highest BCUT2D eigenvalue weighted by molar-refractivity contribution is 5.45. The van der Waals surface area contributed by atoms with Gasteiger partial charge in [-0.3, -0.25) is 0 Å². The monoisotopic (exact) mass is 280 g/mol. The molecule has 0 heterocycles. The zero-order valence-corrected chi connectivity index (χ0v) is 10.7. The van der Waals surface area contributed by atoms with E-state index in [1.54, 1.807) is 6.07 Å². The lowest BCUT2D eigenvalue weighted by Crippen LogP contribution is -2.21. The Balaban J connectivity index is 2.24. The molecule has 106 valence electrons. The second kappa shape index (κ2) is 5.96. The van der Waals surface area contributed by atoms with E-state index in [0.29, 0.717) is 5.56 Å². The van der Waals surface area contributed by atoms with Gasteiger partial charge in [-0.25, -0.2) is 0 Å². The molecule has 2 rings (SSSR count). The predicted molar refractivity (Wildman–Crippen MR) is 73.3 cm³/mol. The Kier molecular flexibility index (Phi) is 4.29. The van der Waals surface area contributed by atoms with Crippen LogP contribution in [-0.4, -0.2) is 6.54 Å². The summed E-state index contributed by atoms with van der Waals surface area (Å²) in [5, 5.41) is 3.13. The molecule has 0 aliphatic heterocycles. The van der Waals surface area contributed by atoms with Gasteiger partial charge >= 0.3 is 6.18 Å². The van der Waals surface area contributed by atoms with Gasteiger partial charge < -0.3 is 11.1 Å². The third-order valence-corrected chi connectivity index (χ3v) is 2.97. The van der Waals surface area contributed by atoms with Crippen LogP contribution in [0.3, 0.4) is 0 Å². The van der Waals surface area contributed by atoms with E-state index in [0.717, 1.165) is 17.8 Å². The average molecular weight is 280 g/mol. The number of nitrogens with one attached hydrogen (secondary N) is 1. The highest BCUT2D eigenvalue weighted by Gasteiger charge is 2.30. The van der Waals surface area contributed by atoms with Crippen LogP contribution in [0.25, 0.3) is 0 Å². The molecule has 0 saturated heterocycles. The minimum Gasteiger partial charge on any atom is -0.377 e. The Bertz CT molecular complexity index is 553. The summed E-state index contributed by atoms with van der Waals surface area (Å²) < 4.78 is 38.1. The molecule has 20 heavy (non-hydrogen) atoms. The van der Waals surface area contributed by atoms with Crippen LogP contribution in [0.4, 0.5) is 18.9 Å². The third kappa shape index (κ3) is 3.51. The van der Waals surface area contributed by atoms with Crippen molar-refractivity contribution in [1.29, 1.82) is 0 Å². The fourth-order valence-corrected chi connectivity index (χ4v) is 1.95. The Morgan fingerprint density at radius 3 is 2.30 bits per heavy atom. The number of benzene rings is 2. The summed E-state index contributed by atoms with van der Waals surface area (Å²) in [6.45, 7) is 0.205. The molecule has 5 heteroatoms. The summed E-state index contributed by atoms with van der Waals surface area (Å²) in [6, 6.07) is 14.1. The fourth-order valence-electron chi connectivity index (χ4n) is 1.95. The standard InChI is InChI=1S/C15H15F3N2/c16-15(17,18)12-6-4-5-11(9-12)14(10-19)20-13-7-2-1-3-8-13/h1-9,14,20H,10,19H2. The van der Waals surface area contributed by atoms with Gasteiger partial charge in [0.2, 0.25) is 0 Å². The normalized spacial score (nSPS) is 13.0.